The van der Waals surface area contributed by atoms with Gasteiger partial charge in [-0.15, -0.1) is 0 Å². The van der Waals surface area contributed by atoms with Crippen LogP contribution in [0.15, 0.2) is 35.2 Å². The summed E-state index contributed by atoms with van der Waals surface area (Å²) in [6.45, 7) is -0.790. The summed E-state index contributed by atoms with van der Waals surface area (Å²) in [6.07, 6.45) is 5.97. The summed E-state index contributed by atoms with van der Waals surface area (Å²) >= 11 is 0. The van der Waals surface area contributed by atoms with Crippen molar-refractivity contribution in [3.05, 3.63) is 58.1 Å². The predicted molar refractivity (Wildman–Crippen MR) is 92.6 cm³/mol. The van der Waals surface area contributed by atoms with Crippen LogP contribution in [0.25, 0.3) is 0 Å². The minimum atomic E-state index is -3.79. The molecule has 126 valence electrons. The Morgan fingerprint density at radius 1 is 0.958 bits per heavy atom. The molecule has 0 saturated carbocycles. The van der Waals surface area contributed by atoms with E-state index in [4.69, 9.17) is 0 Å². The number of hydrogen-bond acceptors (Lipinski definition) is 2. The molecule has 0 saturated heterocycles. The van der Waals surface area contributed by atoms with Gasteiger partial charge in [-0.2, -0.15) is 0 Å². The van der Waals surface area contributed by atoms with E-state index >= 15 is 0 Å². The van der Waals surface area contributed by atoms with E-state index in [9.17, 15) is 12.8 Å². The maximum atomic E-state index is 13.2. The fourth-order valence-corrected chi connectivity index (χ4v) is 5.36. The van der Waals surface area contributed by atoms with Gasteiger partial charge in [0.1, 0.15) is 6.67 Å². The molecule has 0 aliphatic heterocycles. The van der Waals surface area contributed by atoms with E-state index in [-0.39, 0.29) is 10.5 Å². The van der Waals surface area contributed by atoms with Gasteiger partial charge in [-0.1, -0.05) is 24.3 Å². The molecule has 0 unspecified atom stereocenters. The first-order valence-electron chi connectivity index (χ1n) is 8.43. The third-order valence-corrected chi connectivity index (χ3v) is 6.57. The van der Waals surface area contributed by atoms with Gasteiger partial charge in [-0.3, -0.25) is 4.72 Å². The third kappa shape index (κ3) is 2.51. The van der Waals surface area contributed by atoms with Crippen LogP contribution in [0.4, 0.5) is 10.1 Å². The molecular weight excluding hydrogens is 325 g/mol. The molecule has 3 nitrogen and oxygen atoms in total. The normalized spacial score (nSPS) is 16.0. The Labute approximate surface area is 142 Å². The highest BCUT2D eigenvalue weighted by atomic mass is 32.2. The highest BCUT2D eigenvalue weighted by Gasteiger charge is 2.27. The lowest BCUT2D eigenvalue weighted by Gasteiger charge is -2.18. The molecule has 2 aliphatic carbocycles. The molecule has 5 heteroatoms. The molecule has 0 fully saturated rings. The van der Waals surface area contributed by atoms with Crippen LogP contribution in [-0.4, -0.2) is 8.42 Å². The van der Waals surface area contributed by atoms with E-state index < -0.39 is 16.7 Å². The van der Waals surface area contributed by atoms with Crippen molar-refractivity contribution in [1.29, 1.82) is 0 Å². The van der Waals surface area contributed by atoms with Crippen molar-refractivity contribution in [2.24, 2.45) is 0 Å². The second-order valence-electron chi connectivity index (χ2n) is 6.58. The first-order valence-corrected chi connectivity index (χ1v) is 9.91. The van der Waals surface area contributed by atoms with Crippen LogP contribution in [0.3, 0.4) is 0 Å². The van der Waals surface area contributed by atoms with Crippen molar-refractivity contribution in [3.8, 4) is 0 Å². The fourth-order valence-electron chi connectivity index (χ4n) is 4.01. The van der Waals surface area contributed by atoms with E-state index in [2.05, 4.69) is 10.8 Å². The van der Waals surface area contributed by atoms with Crippen molar-refractivity contribution in [2.75, 3.05) is 4.72 Å². The van der Waals surface area contributed by atoms with Crippen molar-refractivity contribution < 1.29 is 12.8 Å². The minimum absolute atomic E-state index is 0.0369. The summed E-state index contributed by atoms with van der Waals surface area (Å²) in [5, 5.41) is 0. The number of anilines is 1. The Morgan fingerprint density at radius 3 is 2.21 bits per heavy atom. The number of rotatable bonds is 4. The first-order chi connectivity index (χ1) is 11.6. The maximum Gasteiger partial charge on any atom is 0.262 e. The largest absolute Gasteiger partial charge is 0.279 e. The summed E-state index contributed by atoms with van der Waals surface area (Å²) in [5.74, 6) is 0. The molecule has 2 aromatic rings. The Bertz CT molecular complexity index is 874. The molecule has 0 amide bonds. The summed E-state index contributed by atoms with van der Waals surface area (Å²) < 4.78 is 41.8. The SMILES string of the molecule is O=S(=O)(Nc1c2c(cc3c1CCC3)CCC2)c1ccccc1CF. The van der Waals surface area contributed by atoms with Crippen molar-refractivity contribution in [2.45, 2.75) is 50.1 Å². The lowest BCUT2D eigenvalue weighted by molar-refractivity contribution is 0.478. The Kier molecular flexibility index (Phi) is 3.83. The Morgan fingerprint density at radius 2 is 1.58 bits per heavy atom. The number of halogens is 1. The van der Waals surface area contributed by atoms with Crippen LogP contribution >= 0.6 is 0 Å². The van der Waals surface area contributed by atoms with E-state index in [0.717, 1.165) is 55.3 Å². The first kappa shape index (κ1) is 15.6. The number of alkyl halides is 1. The zero-order valence-electron chi connectivity index (χ0n) is 13.4. The number of fused-ring (bicyclic) bond motifs is 2. The lowest BCUT2D eigenvalue weighted by atomic mass is 9.99. The summed E-state index contributed by atoms with van der Waals surface area (Å²) in [5.41, 5.74) is 5.79. The summed E-state index contributed by atoms with van der Waals surface area (Å²) in [6, 6.07) is 8.55. The van der Waals surface area contributed by atoms with E-state index in [1.54, 1.807) is 12.1 Å². The van der Waals surface area contributed by atoms with Gasteiger partial charge in [0.05, 0.1) is 10.6 Å². The smallest absolute Gasteiger partial charge is 0.262 e. The van der Waals surface area contributed by atoms with Gasteiger partial charge in [0.15, 0.2) is 0 Å². The van der Waals surface area contributed by atoms with Gasteiger partial charge in [0.25, 0.3) is 10.0 Å². The molecule has 0 spiro atoms. The van der Waals surface area contributed by atoms with Crippen molar-refractivity contribution >= 4 is 15.7 Å². The third-order valence-electron chi connectivity index (χ3n) is 5.12. The lowest BCUT2D eigenvalue weighted by Crippen LogP contribution is -2.17. The standard InChI is InChI=1S/C19H20FNO2S/c20-12-15-5-1-2-10-18(15)24(22,23)21-19-16-8-3-6-13(16)11-14-7-4-9-17(14)19/h1-2,5,10-11,21H,3-4,6-9,12H2. The molecule has 0 aromatic heterocycles. The van der Waals surface area contributed by atoms with Crippen LogP contribution in [0, 0.1) is 0 Å². The second kappa shape index (κ2) is 5.88. The van der Waals surface area contributed by atoms with Gasteiger partial charge in [0.2, 0.25) is 0 Å². The molecule has 0 atom stereocenters. The molecular formula is C19H20FNO2S. The Hall–Kier alpha value is -1.88. The van der Waals surface area contributed by atoms with Gasteiger partial charge in [-0.25, -0.2) is 12.8 Å². The molecule has 0 bridgehead atoms. The van der Waals surface area contributed by atoms with Gasteiger partial charge >= 0.3 is 0 Å². The number of sulfonamides is 1. The average Bonchev–Trinajstić information content (AvgIpc) is 3.23. The minimum Gasteiger partial charge on any atom is -0.279 e. The van der Waals surface area contributed by atoms with E-state index in [1.165, 1.54) is 23.3 Å². The zero-order chi connectivity index (χ0) is 16.7. The van der Waals surface area contributed by atoms with Crippen molar-refractivity contribution in [3.63, 3.8) is 0 Å². The highest BCUT2D eigenvalue weighted by Crippen LogP contribution is 2.39. The number of nitrogens with one attached hydrogen (secondary N) is 1. The topological polar surface area (TPSA) is 46.2 Å². The highest BCUT2D eigenvalue weighted by molar-refractivity contribution is 7.92. The quantitative estimate of drug-likeness (QED) is 0.912. The molecule has 1 N–H and O–H groups in total. The molecule has 24 heavy (non-hydrogen) atoms. The fraction of sp³-hybridized carbons (Fsp3) is 0.368. The van der Waals surface area contributed by atoms with Crippen LogP contribution in [-0.2, 0) is 42.4 Å². The van der Waals surface area contributed by atoms with Gasteiger partial charge in [0, 0.05) is 5.56 Å². The monoisotopic (exact) mass is 345 g/mol. The molecule has 2 aliphatic rings. The van der Waals surface area contributed by atoms with Gasteiger partial charge in [-0.05, 0) is 66.8 Å². The number of hydrogen-bond donors (Lipinski definition) is 1. The summed E-state index contributed by atoms with van der Waals surface area (Å²) in [4.78, 5) is 0.0369. The predicted octanol–water partition coefficient (Wildman–Crippen LogP) is 3.93. The zero-order valence-corrected chi connectivity index (χ0v) is 14.3. The van der Waals surface area contributed by atoms with Crippen LogP contribution in [0.5, 0.6) is 0 Å². The van der Waals surface area contributed by atoms with Crippen LogP contribution in [0.2, 0.25) is 0 Å². The number of benzene rings is 2. The molecule has 2 aromatic carbocycles. The van der Waals surface area contributed by atoms with Crippen LogP contribution < -0.4 is 4.72 Å². The Balaban J connectivity index is 1.81. The number of aryl methyl sites for hydroxylation is 2. The molecule has 0 radical (unpaired) electrons. The van der Waals surface area contributed by atoms with Crippen LogP contribution in [0.1, 0.15) is 40.7 Å². The summed E-state index contributed by atoms with van der Waals surface area (Å²) in [7, 11) is -3.79. The maximum absolute atomic E-state index is 13.2. The van der Waals surface area contributed by atoms with E-state index in [0.29, 0.717) is 0 Å². The van der Waals surface area contributed by atoms with Gasteiger partial charge < -0.3 is 0 Å². The van der Waals surface area contributed by atoms with E-state index in [1.807, 2.05) is 0 Å². The van der Waals surface area contributed by atoms with Crippen molar-refractivity contribution in [1.82, 2.24) is 0 Å². The average molecular weight is 345 g/mol. The second-order valence-corrected chi connectivity index (χ2v) is 8.23. The molecule has 0 heterocycles. The molecule has 4 rings (SSSR count).